The van der Waals surface area contributed by atoms with E-state index in [1.165, 1.54) is 11.3 Å². The molecule has 13 heavy (non-hydrogen) atoms. The van der Waals surface area contributed by atoms with Crippen molar-refractivity contribution in [1.82, 2.24) is 0 Å². The molecule has 0 spiro atoms. The Morgan fingerprint density at radius 1 is 1.38 bits per heavy atom. The molecule has 2 aromatic rings. The van der Waals surface area contributed by atoms with E-state index in [9.17, 15) is 5.11 Å². The van der Waals surface area contributed by atoms with Crippen LogP contribution in [0.4, 0.5) is 0 Å². The summed E-state index contributed by atoms with van der Waals surface area (Å²) >= 11 is 1.53. The van der Waals surface area contributed by atoms with Gasteiger partial charge < -0.3 is 9.52 Å². The first-order valence-corrected chi connectivity index (χ1v) is 4.93. The van der Waals surface area contributed by atoms with E-state index in [1.807, 2.05) is 30.5 Å². The van der Waals surface area contributed by atoms with Gasteiger partial charge in [0.2, 0.25) is 0 Å². The second-order valence-electron chi connectivity index (χ2n) is 2.87. The number of hydrogen-bond donors (Lipinski definition) is 1. The van der Waals surface area contributed by atoms with Crippen molar-refractivity contribution < 1.29 is 9.52 Å². The first kappa shape index (κ1) is 8.53. The van der Waals surface area contributed by atoms with Gasteiger partial charge in [0, 0.05) is 4.88 Å². The van der Waals surface area contributed by atoms with Crippen molar-refractivity contribution >= 4 is 11.3 Å². The van der Waals surface area contributed by atoms with Gasteiger partial charge in [-0.1, -0.05) is 6.07 Å². The molecule has 1 atom stereocenters. The Morgan fingerprint density at radius 3 is 2.77 bits per heavy atom. The number of furan rings is 1. The second-order valence-corrected chi connectivity index (χ2v) is 3.85. The van der Waals surface area contributed by atoms with Crippen LogP contribution in [0.15, 0.2) is 34.1 Å². The first-order valence-electron chi connectivity index (χ1n) is 4.05. The van der Waals surface area contributed by atoms with Gasteiger partial charge in [0.25, 0.3) is 0 Å². The summed E-state index contributed by atoms with van der Waals surface area (Å²) in [6.07, 6.45) is -0.617. The highest BCUT2D eigenvalue weighted by molar-refractivity contribution is 7.10. The molecule has 2 heterocycles. The lowest BCUT2D eigenvalue weighted by Crippen LogP contribution is -1.93. The van der Waals surface area contributed by atoms with Gasteiger partial charge >= 0.3 is 0 Å². The second kappa shape index (κ2) is 3.36. The van der Waals surface area contributed by atoms with Crippen molar-refractivity contribution in [3.8, 4) is 0 Å². The zero-order valence-corrected chi connectivity index (χ0v) is 8.04. The molecule has 2 nitrogen and oxygen atoms in total. The molecule has 0 saturated carbocycles. The maximum Gasteiger partial charge on any atom is 0.146 e. The number of aliphatic hydroxyl groups excluding tert-OH is 1. The Morgan fingerprint density at radius 2 is 2.23 bits per heavy atom. The predicted molar refractivity (Wildman–Crippen MR) is 51.8 cm³/mol. The van der Waals surface area contributed by atoms with Gasteiger partial charge in [-0.2, -0.15) is 0 Å². The third kappa shape index (κ3) is 1.66. The lowest BCUT2D eigenvalue weighted by molar-refractivity contribution is 0.191. The highest BCUT2D eigenvalue weighted by Crippen LogP contribution is 2.26. The van der Waals surface area contributed by atoms with Gasteiger partial charge in [-0.15, -0.1) is 11.3 Å². The van der Waals surface area contributed by atoms with E-state index in [0.717, 1.165) is 10.6 Å². The van der Waals surface area contributed by atoms with Crippen LogP contribution in [0.1, 0.15) is 22.5 Å². The lowest BCUT2D eigenvalue weighted by Gasteiger charge is -2.03. The van der Waals surface area contributed by atoms with Crippen LogP contribution in [0.25, 0.3) is 0 Å². The van der Waals surface area contributed by atoms with Crippen LogP contribution in [0.3, 0.4) is 0 Å². The van der Waals surface area contributed by atoms with E-state index in [1.54, 1.807) is 6.07 Å². The SMILES string of the molecule is Cc1ccc([C@H](O)c2cccs2)o1. The molecule has 0 unspecified atom stereocenters. The Labute approximate surface area is 80.4 Å². The Bertz CT molecular complexity index is 375. The van der Waals surface area contributed by atoms with Crippen molar-refractivity contribution in [1.29, 1.82) is 0 Å². The zero-order chi connectivity index (χ0) is 9.26. The summed E-state index contributed by atoms with van der Waals surface area (Å²) in [5.74, 6) is 1.44. The summed E-state index contributed by atoms with van der Waals surface area (Å²) in [5.41, 5.74) is 0. The minimum absolute atomic E-state index is 0.611. The van der Waals surface area contributed by atoms with Gasteiger partial charge in [0.15, 0.2) is 0 Å². The third-order valence-corrected chi connectivity index (χ3v) is 2.77. The molecule has 0 aliphatic heterocycles. The predicted octanol–water partition coefficient (Wildman–Crippen LogP) is 2.73. The molecule has 0 aromatic carbocycles. The van der Waals surface area contributed by atoms with Gasteiger partial charge in [0.05, 0.1) is 0 Å². The Kier molecular flexibility index (Phi) is 2.20. The highest BCUT2D eigenvalue weighted by atomic mass is 32.1. The van der Waals surface area contributed by atoms with E-state index in [-0.39, 0.29) is 0 Å². The summed E-state index contributed by atoms with van der Waals surface area (Å²) in [4.78, 5) is 0.911. The maximum absolute atomic E-state index is 9.81. The largest absolute Gasteiger partial charge is 0.463 e. The molecule has 0 aliphatic rings. The molecule has 0 fully saturated rings. The lowest BCUT2D eigenvalue weighted by atomic mass is 10.2. The molecule has 1 N–H and O–H groups in total. The van der Waals surface area contributed by atoms with Crippen molar-refractivity contribution in [3.63, 3.8) is 0 Å². The molecule has 0 aliphatic carbocycles. The average Bonchev–Trinajstić information content (AvgIpc) is 2.72. The topological polar surface area (TPSA) is 33.4 Å². The van der Waals surface area contributed by atoms with E-state index in [0.29, 0.717) is 5.76 Å². The van der Waals surface area contributed by atoms with Gasteiger partial charge in [-0.3, -0.25) is 0 Å². The molecule has 0 saturated heterocycles. The number of thiophene rings is 1. The molecule has 68 valence electrons. The molecule has 3 heteroatoms. The maximum atomic E-state index is 9.81. The van der Waals surface area contributed by atoms with Crippen LogP contribution in [0.2, 0.25) is 0 Å². The fourth-order valence-corrected chi connectivity index (χ4v) is 1.90. The normalized spacial score (nSPS) is 13.1. The average molecular weight is 194 g/mol. The summed E-state index contributed by atoms with van der Waals surface area (Å²) in [5, 5.41) is 11.7. The zero-order valence-electron chi connectivity index (χ0n) is 7.23. The van der Waals surface area contributed by atoms with Crippen LogP contribution in [-0.2, 0) is 0 Å². The fraction of sp³-hybridized carbons (Fsp3) is 0.200. The van der Waals surface area contributed by atoms with Crippen LogP contribution in [-0.4, -0.2) is 5.11 Å². The summed E-state index contributed by atoms with van der Waals surface area (Å²) < 4.78 is 5.33. The van der Waals surface area contributed by atoms with Crippen LogP contribution >= 0.6 is 11.3 Å². The number of aryl methyl sites for hydroxylation is 1. The monoisotopic (exact) mass is 194 g/mol. The fourth-order valence-electron chi connectivity index (χ4n) is 1.19. The standard InChI is InChI=1S/C10H10O2S/c1-7-4-5-8(12-7)10(11)9-3-2-6-13-9/h2-6,10-11H,1H3/t10-/m0/s1. The minimum Gasteiger partial charge on any atom is -0.463 e. The summed E-state index contributed by atoms with van der Waals surface area (Å²) in [6, 6.07) is 7.47. The first-order chi connectivity index (χ1) is 6.27. The highest BCUT2D eigenvalue weighted by Gasteiger charge is 2.14. The van der Waals surface area contributed by atoms with Gasteiger partial charge in [0.1, 0.15) is 17.6 Å². The molecular weight excluding hydrogens is 184 g/mol. The molecule has 2 rings (SSSR count). The van der Waals surface area contributed by atoms with E-state index in [2.05, 4.69) is 0 Å². The third-order valence-electron chi connectivity index (χ3n) is 1.84. The van der Waals surface area contributed by atoms with Crippen LogP contribution in [0, 0.1) is 6.92 Å². The molecular formula is C10H10O2S. The number of aliphatic hydroxyl groups is 1. The van der Waals surface area contributed by atoms with Crippen molar-refractivity contribution in [2.75, 3.05) is 0 Å². The summed E-state index contributed by atoms with van der Waals surface area (Å²) in [6.45, 7) is 1.87. The number of hydrogen-bond acceptors (Lipinski definition) is 3. The molecule has 0 amide bonds. The quantitative estimate of drug-likeness (QED) is 0.797. The van der Waals surface area contributed by atoms with E-state index in [4.69, 9.17) is 4.42 Å². The molecule has 2 aromatic heterocycles. The van der Waals surface area contributed by atoms with Gasteiger partial charge in [-0.05, 0) is 30.5 Å². The van der Waals surface area contributed by atoms with Crippen molar-refractivity contribution in [2.45, 2.75) is 13.0 Å². The Balaban J connectivity index is 2.28. The van der Waals surface area contributed by atoms with E-state index < -0.39 is 6.10 Å². The summed E-state index contributed by atoms with van der Waals surface area (Å²) in [7, 11) is 0. The Hall–Kier alpha value is -1.06. The van der Waals surface area contributed by atoms with Crippen LogP contribution < -0.4 is 0 Å². The van der Waals surface area contributed by atoms with Crippen LogP contribution in [0.5, 0.6) is 0 Å². The minimum atomic E-state index is -0.617. The van der Waals surface area contributed by atoms with E-state index >= 15 is 0 Å². The number of rotatable bonds is 2. The molecule has 0 bridgehead atoms. The molecule has 0 radical (unpaired) electrons. The smallest absolute Gasteiger partial charge is 0.146 e. The van der Waals surface area contributed by atoms with Crippen molar-refractivity contribution in [3.05, 3.63) is 46.0 Å². The van der Waals surface area contributed by atoms with Gasteiger partial charge in [-0.25, -0.2) is 0 Å². The van der Waals surface area contributed by atoms with Crippen molar-refractivity contribution in [2.24, 2.45) is 0 Å².